The number of aliphatic hydroxyl groups is 1. The third kappa shape index (κ3) is 4.11. The van der Waals surface area contributed by atoms with Gasteiger partial charge >= 0.3 is 0 Å². The maximum absolute atomic E-state index is 9.33. The molecule has 0 aromatic heterocycles. The van der Waals surface area contributed by atoms with Crippen LogP contribution in [0.1, 0.15) is 29.8 Å². The van der Waals surface area contributed by atoms with Gasteiger partial charge in [-0.3, -0.25) is 0 Å². The highest BCUT2D eigenvalue weighted by molar-refractivity contribution is 5.43. The molecule has 0 bridgehead atoms. The van der Waals surface area contributed by atoms with Gasteiger partial charge in [0, 0.05) is 6.85 Å². The van der Waals surface area contributed by atoms with Gasteiger partial charge in [-0.25, -0.2) is 0 Å². The van der Waals surface area contributed by atoms with E-state index in [-0.39, 0.29) is 0 Å². The molecule has 3 nitrogen and oxygen atoms in total. The van der Waals surface area contributed by atoms with Crippen molar-refractivity contribution in [1.82, 2.24) is 0 Å². The number of hydrogen-bond acceptors (Lipinski definition) is 3. The van der Waals surface area contributed by atoms with Crippen LogP contribution in [-0.2, 0) is 6.42 Å². The van der Waals surface area contributed by atoms with Crippen LogP contribution in [0.25, 0.3) is 0 Å². The minimum atomic E-state index is -3.27. The van der Waals surface area contributed by atoms with Gasteiger partial charge in [0.2, 0.25) is 0 Å². The standard InChI is InChI=1S/C14H20O3/c1-11(8-9-15)4-5-12-6-7-13(16-2)14(10-12)17-3/h6-8,10,15H,4-5,9H2,1-3H3/b11-8+/i1D3,4D2,8D,9D2. The van der Waals surface area contributed by atoms with E-state index in [0.717, 1.165) is 0 Å². The second kappa shape index (κ2) is 6.97. The Kier molecular flexibility index (Phi) is 2.42. The van der Waals surface area contributed by atoms with Crippen LogP contribution >= 0.6 is 0 Å². The van der Waals surface area contributed by atoms with E-state index in [0.29, 0.717) is 17.1 Å². The molecule has 0 fully saturated rings. The molecule has 0 aliphatic rings. The number of methoxy groups -OCH3 is 2. The van der Waals surface area contributed by atoms with Crippen molar-refractivity contribution in [1.29, 1.82) is 0 Å². The first-order chi connectivity index (χ1) is 11.2. The molecule has 1 rings (SSSR count). The first-order valence-electron chi connectivity index (χ1n) is 8.89. The molecule has 0 unspecified atom stereocenters. The smallest absolute Gasteiger partial charge is 0.160 e. The molecule has 0 spiro atoms. The number of aryl methyl sites for hydroxylation is 1. The van der Waals surface area contributed by atoms with Crippen molar-refractivity contribution in [2.75, 3.05) is 20.8 Å². The summed E-state index contributed by atoms with van der Waals surface area (Å²) >= 11 is 0. The van der Waals surface area contributed by atoms with E-state index in [9.17, 15) is 5.11 Å². The van der Waals surface area contributed by atoms with E-state index in [1.807, 2.05) is 0 Å². The first kappa shape index (κ1) is 5.91. The topological polar surface area (TPSA) is 38.7 Å². The van der Waals surface area contributed by atoms with Crippen molar-refractivity contribution in [3.05, 3.63) is 35.4 Å². The van der Waals surface area contributed by atoms with Crippen LogP contribution in [0, 0.1) is 0 Å². The van der Waals surface area contributed by atoms with Crippen LogP contribution in [0.15, 0.2) is 29.8 Å². The van der Waals surface area contributed by atoms with Gasteiger partial charge in [-0.15, -0.1) is 0 Å². The van der Waals surface area contributed by atoms with Gasteiger partial charge in [-0.1, -0.05) is 17.7 Å². The van der Waals surface area contributed by atoms with Crippen LogP contribution < -0.4 is 9.47 Å². The van der Waals surface area contributed by atoms with E-state index in [1.54, 1.807) is 0 Å². The van der Waals surface area contributed by atoms with Gasteiger partial charge in [0.1, 0.15) is 0 Å². The Labute approximate surface area is 114 Å². The summed E-state index contributed by atoms with van der Waals surface area (Å²) in [5.41, 5.74) is -0.724. The van der Waals surface area contributed by atoms with Crippen LogP contribution in [0.3, 0.4) is 0 Å². The van der Waals surface area contributed by atoms with Gasteiger partial charge in [0.05, 0.1) is 24.9 Å². The third-order valence-electron chi connectivity index (χ3n) is 2.10. The summed E-state index contributed by atoms with van der Waals surface area (Å²) in [6.45, 7) is -6.36. The molecule has 0 saturated heterocycles. The maximum Gasteiger partial charge on any atom is 0.160 e. The summed E-state index contributed by atoms with van der Waals surface area (Å²) < 4.78 is 70.6. The van der Waals surface area contributed by atoms with Crippen molar-refractivity contribution in [2.45, 2.75) is 19.6 Å². The molecule has 0 atom stereocenters. The molecule has 0 aliphatic carbocycles. The Morgan fingerprint density at radius 3 is 2.82 bits per heavy atom. The first-order valence-corrected chi connectivity index (χ1v) is 4.89. The second-order valence-electron chi connectivity index (χ2n) is 3.15. The average Bonchev–Trinajstić information content (AvgIpc) is 2.43. The van der Waals surface area contributed by atoms with Crippen molar-refractivity contribution in [3.8, 4) is 11.5 Å². The Bertz CT molecular complexity index is 646. The Morgan fingerprint density at radius 1 is 1.47 bits per heavy atom. The normalized spacial score (nSPS) is 21.4. The van der Waals surface area contributed by atoms with E-state index in [1.165, 1.54) is 32.4 Å². The van der Waals surface area contributed by atoms with Crippen LogP contribution in [0.5, 0.6) is 11.5 Å². The van der Waals surface area contributed by atoms with Crippen molar-refractivity contribution >= 4 is 0 Å². The van der Waals surface area contributed by atoms with Crippen LogP contribution in [-0.4, -0.2) is 25.9 Å². The molecule has 0 heterocycles. The zero-order valence-corrected chi connectivity index (χ0v) is 9.70. The SMILES string of the molecule is [2H]/C(=C(/C([2H])([2H])[2H])C([2H])([2H])Cc1ccc(OC)c(OC)c1)C([2H])([2H])O. The van der Waals surface area contributed by atoms with Gasteiger partial charge in [-0.2, -0.15) is 0 Å². The predicted octanol–water partition coefficient (Wildman–Crippen LogP) is 2.58. The fourth-order valence-electron chi connectivity index (χ4n) is 1.28. The van der Waals surface area contributed by atoms with Crippen LogP contribution in [0.4, 0.5) is 0 Å². The summed E-state index contributed by atoms with van der Waals surface area (Å²) in [4.78, 5) is 0. The molecule has 17 heavy (non-hydrogen) atoms. The lowest BCUT2D eigenvalue weighted by molar-refractivity contribution is 0.341. The average molecular weight is 244 g/mol. The molecule has 0 radical (unpaired) electrons. The zero-order chi connectivity index (χ0) is 19.6. The molecule has 0 amide bonds. The molecule has 1 aromatic carbocycles. The minimum Gasteiger partial charge on any atom is -0.493 e. The molecule has 0 aliphatic heterocycles. The quantitative estimate of drug-likeness (QED) is 0.782. The van der Waals surface area contributed by atoms with Gasteiger partial charge < -0.3 is 14.6 Å². The summed E-state index contributed by atoms with van der Waals surface area (Å²) in [5, 5.41) is 9.33. The molecule has 0 saturated carbocycles. The molecule has 3 heteroatoms. The number of benzene rings is 1. The van der Waals surface area contributed by atoms with Crippen molar-refractivity contribution in [2.24, 2.45) is 0 Å². The highest BCUT2D eigenvalue weighted by Gasteiger charge is 2.04. The highest BCUT2D eigenvalue weighted by atomic mass is 16.5. The van der Waals surface area contributed by atoms with E-state index in [2.05, 4.69) is 0 Å². The van der Waals surface area contributed by atoms with E-state index in [4.69, 9.17) is 20.4 Å². The van der Waals surface area contributed by atoms with Gasteiger partial charge in [-0.05, 0) is 37.3 Å². The number of ether oxygens (including phenoxy) is 2. The summed E-state index contributed by atoms with van der Waals surface area (Å²) in [5.74, 6) is 0.727. The molecular formula is C14H20O3. The molecule has 1 N–H and O–H groups in total. The largest absolute Gasteiger partial charge is 0.493 e. The van der Waals surface area contributed by atoms with Crippen molar-refractivity contribution in [3.63, 3.8) is 0 Å². The Hall–Kier alpha value is -1.48. The summed E-state index contributed by atoms with van der Waals surface area (Å²) in [7, 11) is 2.83. The number of rotatable bonds is 6. The van der Waals surface area contributed by atoms with E-state index < -0.39 is 37.8 Å². The fourth-order valence-corrected chi connectivity index (χ4v) is 1.28. The summed E-state index contributed by atoms with van der Waals surface area (Å²) in [6.07, 6.45) is -3.06. The predicted molar refractivity (Wildman–Crippen MR) is 68.7 cm³/mol. The fraction of sp³-hybridized carbons (Fsp3) is 0.429. The van der Waals surface area contributed by atoms with Gasteiger partial charge in [0.25, 0.3) is 0 Å². The lowest BCUT2D eigenvalue weighted by Crippen LogP contribution is -1.93. The maximum atomic E-state index is 9.33. The second-order valence-corrected chi connectivity index (χ2v) is 3.15. The third-order valence-corrected chi connectivity index (χ3v) is 2.10. The summed E-state index contributed by atoms with van der Waals surface area (Å²) in [6, 6.07) is 3.19. The molecule has 94 valence electrons. The number of hydrogen-bond donors (Lipinski definition) is 1. The molecule has 1 aromatic rings. The monoisotopic (exact) mass is 244 g/mol. The highest BCUT2D eigenvalue weighted by Crippen LogP contribution is 2.28. The lowest BCUT2D eigenvalue weighted by Gasteiger charge is -2.09. The minimum absolute atomic E-state index is 0.318. The molecular weight excluding hydrogens is 216 g/mol. The zero-order valence-electron chi connectivity index (χ0n) is 17.7. The number of allylic oxidation sites excluding steroid dienone is 1. The van der Waals surface area contributed by atoms with Crippen molar-refractivity contribution < 1.29 is 25.5 Å². The van der Waals surface area contributed by atoms with Crippen LogP contribution in [0.2, 0.25) is 0 Å². The Morgan fingerprint density at radius 2 is 2.24 bits per heavy atom. The van der Waals surface area contributed by atoms with E-state index >= 15 is 0 Å². The Balaban J connectivity index is 3.38. The lowest BCUT2D eigenvalue weighted by atomic mass is 10.0. The van der Waals surface area contributed by atoms with Gasteiger partial charge in [0.15, 0.2) is 11.5 Å².